The zero-order chi connectivity index (χ0) is 12.1. The highest BCUT2D eigenvalue weighted by Crippen LogP contribution is 2.49. The second kappa shape index (κ2) is 5.88. The van der Waals surface area contributed by atoms with Gasteiger partial charge in [-0.05, 0) is 56.8 Å². The quantitative estimate of drug-likeness (QED) is 0.692. The van der Waals surface area contributed by atoms with Crippen molar-refractivity contribution in [3.8, 4) is 0 Å². The van der Waals surface area contributed by atoms with E-state index >= 15 is 0 Å². The van der Waals surface area contributed by atoms with Gasteiger partial charge in [-0.15, -0.1) is 0 Å². The van der Waals surface area contributed by atoms with E-state index in [4.69, 9.17) is 4.74 Å². The average Bonchev–Trinajstić information content (AvgIpc) is 2.34. The lowest BCUT2D eigenvalue weighted by Crippen LogP contribution is -2.30. The molecule has 0 N–H and O–H groups in total. The summed E-state index contributed by atoms with van der Waals surface area (Å²) in [6.45, 7) is 2.41. The molecule has 0 aromatic carbocycles. The number of rotatable bonds is 3. The number of ether oxygens (including phenoxy) is 1. The lowest BCUT2D eigenvalue weighted by Gasteiger charge is -2.42. The molecule has 2 fully saturated rings. The van der Waals surface area contributed by atoms with Crippen LogP contribution in [0.5, 0.6) is 0 Å². The van der Waals surface area contributed by atoms with Gasteiger partial charge in [-0.1, -0.05) is 19.3 Å². The minimum atomic E-state index is 0.0112. The summed E-state index contributed by atoms with van der Waals surface area (Å²) in [5.74, 6) is 0.610. The molecule has 0 amide bonds. The van der Waals surface area contributed by atoms with E-state index in [0.29, 0.717) is 24.4 Å². The van der Waals surface area contributed by atoms with E-state index in [2.05, 4.69) is 0 Å². The summed E-state index contributed by atoms with van der Waals surface area (Å²) < 4.78 is 5.04. The number of carbonyl (C=O) groups is 1. The zero-order valence-electron chi connectivity index (χ0n) is 11.2. The molecule has 98 valence electrons. The van der Waals surface area contributed by atoms with Gasteiger partial charge in [0.25, 0.3) is 0 Å². The van der Waals surface area contributed by atoms with Gasteiger partial charge in [-0.25, -0.2) is 0 Å². The Hall–Kier alpha value is -0.530. The fourth-order valence-corrected chi connectivity index (χ4v) is 3.75. The predicted molar refractivity (Wildman–Crippen MR) is 68.7 cm³/mol. The Labute approximate surface area is 105 Å². The molecule has 2 aliphatic rings. The van der Waals surface area contributed by atoms with Crippen LogP contribution in [0.1, 0.15) is 71.1 Å². The van der Waals surface area contributed by atoms with Gasteiger partial charge in [0.05, 0.1) is 6.61 Å². The first-order valence-electron chi connectivity index (χ1n) is 7.40. The summed E-state index contributed by atoms with van der Waals surface area (Å²) in [7, 11) is 0. The molecule has 0 aliphatic heterocycles. The minimum absolute atomic E-state index is 0.0112. The summed E-state index contributed by atoms with van der Waals surface area (Å²) in [4.78, 5) is 11.5. The Morgan fingerprint density at radius 3 is 2.35 bits per heavy atom. The normalized spacial score (nSPS) is 24.8. The van der Waals surface area contributed by atoms with Crippen LogP contribution >= 0.6 is 0 Å². The molecular formula is C15H26O2. The van der Waals surface area contributed by atoms with Crippen LogP contribution in [-0.4, -0.2) is 12.6 Å². The summed E-state index contributed by atoms with van der Waals surface area (Å²) in [5.41, 5.74) is 0.670. The maximum atomic E-state index is 11.5. The van der Waals surface area contributed by atoms with Crippen LogP contribution in [0, 0.1) is 11.3 Å². The highest BCUT2D eigenvalue weighted by Gasteiger charge is 2.36. The van der Waals surface area contributed by atoms with E-state index in [0.717, 1.165) is 0 Å². The molecule has 0 heterocycles. The van der Waals surface area contributed by atoms with Crippen LogP contribution in [0.4, 0.5) is 0 Å². The molecule has 0 saturated heterocycles. The monoisotopic (exact) mass is 238 g/mol. The first kappa shape index (κ1) is 12.9. The lowest BCUT2D eigenvalue weighted by molar-refractivity contribution is -0.144. The van der Waals surface area contributed by atoms with Crippen molar-refractivity contribution in [2.24, 2.45) is 11.3 Å². The SMILES string of the molecule is CCOC(=O)CC1CCC2(CCCCC2)CC1. The fraction of sp³-hybridized carbons (Fsp3) is 0.933. The van der Waals surface area contributed by atoms with Gasteiger partial charge in [-0.3, -0.25) is 4.79 Å². The standard InChI is InChI=1S/C15H26O2/c1-2-17-14(16)12-13-6-10-15(11-7-13)8-4-3-5-9-15/h13H,2-12H2,1H3. The molecule has 0 bridgehead atoms. The van der Waals surface area contributed by atoms with Gasteiger partial charge >= 0.3 is 5.97 Å². The molecule has 2 saturated carbocycles. The summed E-state index contributed by atoms with van der Waals surface area (Å²) in [6, 6.07) is 0. The van der Waals surface area contributed by atoms with Gasteiger partial charge in [0.2, 0.25) is 0 Å². The van der Waals surface area contributed by atoms with Crippen LogP contribution in [0.25, 0.3) is 0 Å². The van der Waals surface area contributed by atoms with Crippen molar-refractivity contribution in [3.63, 3.8) is 0 Å². The third-order valence-electron chi connectivity index (χ3n) is 4.84. The Balaban J connectivity index is 1.75. The highest BCUT2D eigenvalue weighted by atomic mass is 16.5. The van der Waals surface area contributed by atoms with Crippen LogP contribution in [-0.2, 0) is 9.53 Å². The van der Waals surface area contributed by atoms with E-state index in [-0.39, 0.29) is 5.97 Å². The summed E-state index contributed by atoms with van der Waals surface area (Å²) in [6.07, 6.45) is 13.1. The van der Waals surface area contributed by atoms with Crippen molar-refractivity contribution >= 4 is 5.97 Å². The first-order valence-corrected chi connectivity index (χ1v) is 7.40. The molecule has 1 spiro atoms. The average molecular weight is 238 g/mol. The Morgan fingerprint density at radius 1 is 1.12 bits per heavy atom. The van der Waals surface area contributed by atoms with Crippen molar-refractivity contribution in [2.45, 2.75) is 71.1 Å². The molecule has 17 heavy (non-hydrogen) atoms. The van der Waals surface area contributed by atoms with Crippen LogP contribution < -0.4 is 0 Å². The number of hydrogen-bond donors (Lipinski definition) is 0. The van der Waals surface area contributed by atoms with Crippen molar-refractivity contribution < 1.29 is 9.53 Å². The van der Waals surface area contributed by atoms with E-state index < -0.39 is 0 Å². The molecule has 0 aromatic heterocycles. The topological polar surface area (TPSA) is 26.3 Å². The smallest absolute Gasteiger partial charge is 0.306 e. The van der Waals surface area contributed by atoms with Crippen molar-refractivity contribution in [2.75, 3.05) is 6.61 Å². The van der Waals surface area contributed by atoms with E-state index in [1.807, 2.05) is 6.92 Å². The van der Waals surface area contributed by atoms with Gasteiger partial charge in [-0.2, -0.15) is 0 Å². The van der Waals surface area contributed by atoms with Gasteiger partial charge in [0, 0.05) is 6.42 Å². The highest BCUT2D eigenvalue weighted by molar-refractivity contribution is 5.69. The number of esters is 1. The third-order valence-corrected chi connectivity index (χ3v) is 4.84. The molecule has 0 radical (unpaired) electrons. The lowest BCUT2D eigenvalue weighted by atomic mass is 9.63. The summed E-state index contributed by atoms with van der Waals surface area (Å²) in [5, 5.41) is 0. The fourth-order valence-electron chi connectivity index (χ4n) is 3.75. The van der Waals surface area contributed by atoms with Crippen LogP contribution in [0.15, 0.2) is 0 Å². The largest absolute Gasteiger partial charge is 0.466 e. The van der Waals surface area contributed by atoms with Crippen molar-refractivity contribution in [1.29, 1.82) is 0 Å². The van der Waals surface area contributed by atoms with E-state index in [1.54, 1.807) is 0 Å². The van der Waals surface area contributed by atoms with Gasteiger partial charge < -0.3 is 4.74 Å². The maximum Gasteiger partial charge on any atom is 0.306 e. The van der Waals surface area contributed by atoms with E-state index in [1.165, 1.54) is 57.8 Å². The zero-order valence-corrected chi connectivity index (χ0v) is 11.2. The van der Waals surface area contributed by atoms with Crippen LogP contribution in [0.3, 0.4) is 0 Å². The molecule has 0 unspecified atom stereocenters. The van der Waals surface area contributed by atoms with Crippen molar-refractivity contribution in [3.05, 3.63) is 0 Å². The second-order valence-corrected chi connectivity index (χ2v) is 6.01. The maximum absolute atomic E-state index is 11.5. The molecule has 0 atom stereocenters. The van der Waals surface area contributed by atoms with Gasteiger partial charge in [0.15, 0.2) is 0 Å². The van der Waals surface area contributed by atoms with Crippen molar-refractivity contribution in [1.82, 2.24) is 0 Å². The Morgan fingerprint density at radius 2 is 1.76 bits per heavy atom. The van der Waals surface area contributed by atoms with E-state index in [9.17, 15) is 4.79 Å². The molecule has 0 aromatic rings. The molecule has 2 aliphatic carbocycles. The second-order valence-electron chi connectivity index (χ2n) is 6.01. The predicted octanol–water partition coefficient (Wildman–Crippen LogP) is 4.08. The number of hydrogen-bond acceptors (Lipinski definition) is 2. The van der Waals surface area contributed by atoms with Crippen LogP contribution in [0.2, 0.25) is 0 Å². The Bertz CT molecular complexity index is 244. The molecule has 2 rings (SSSR count). The number of carbonyl (C=O) groups excluding carboxylic acids is 1. The van der Waals surface area contributed by atoms with Gasteiger partial charge in [0.1, 0.15) is 0 Å². The molecule has 2 nitrogen and oxygen atoms in total. The first-order chi connectivity index (χ1) is 8.24. The Kier molecular flexibility index (Phi) is 4.47. The molecule has 2 heteroatoms. The molecular weight excluding hydrogens is 212 g/mol. The summed E-state index contributed by atoms with van der Waals surface area (Å²) >= 11 is 0. The minimum Gasteiger partial charge on any atom is -0.466 e. The third kappa shape index (κ3) is 3.46.